The van der Waals surface area contributed by atoms with Crippen molar-refractivity contribution in [3.63, 3.8) is 0 Å². The molecule has 2 amide bonds. The van der Waals surface area contributed by atoms with E-state index >= 15 is 0 Å². The normalized spacial score (nSPS) is 10.9. The van der Waals surface area contributed by atoms with Gasteiger partial charge in [0.15, 0.2) is 5.69 Å². The molecule has 2 aromatic carbocycles. The van der Waals surface area contributed by atoms with Crippen molar-refractivity contribution in [1.29, 1.82) is 0 Å². The van der Waals surface area contributed by atoms with Gasteiger partial charge in [0, 0.05) is 24.0 Å². The molecule has 0 fully saturated rings. The lowest BCUT2D eigenvalue weighted by Crippen LogP contribution is -2.34. The highest BCUT2D eigenvalue weighted by molar-refractivity contribution is 6.04. The standard InChI is InChI=1S/C20H22N4O2/c1-13(2)14-7-9-15(10-8-14)19(25)21-11-12-22-20(26)18-16-5-3-4-6-17(16)23-24-18/h3-10,13H,11-12H2,1-2H3,(H,21,25)(H,22,26)(H,23,24). The maximum Gasteiger partial charge on any atom is 0.272 e. The van der Waals surface area contributed by atoms with E-state index in [1.54, 1.807) is 0 Å². The van der Waals surface area contributed by atoms with Crippen molar-refractivity contribution in [3.05, 3.63) is 65.4 Å². The fourth-order valence-corrected chi connectivity index (χ4v) is 2.69. The van der Waals surface area contributed by atoms with E-state index in [0.717, 1.165) is 10.9 Å². The number of nitrogens with zero attached hydrogens (tertiary/aromatic N) is 1. The topological polar surface area (TPSA) is 86.9 Å². The summed E-state index contributed by atoms with van der Waals surface area (Å²) in [5.74, 6) is 0.0122. The van der Waals surface area contributed by atoms with Gasteiger partial charge in [-0.2, -0.15) is 5.10 Å². The largest absolute Gasteiger partial charge is 0.350 e. The van der Waals surface area contributed by atoms with E-state index < -0.39 is 0 Å². The molecule has 0 aliphatic carbocycles. The molecule has 0 spiro atoms. The van der Waals surface area contributed by atoms with Crippen molar-refractivity contribution < 1.29 is 9.59 Å². The Morgan fingerprint density at radius 1 is 0.962 bits per heavy atom. The number of fused-ring (bicyclic) bond motifs is 1. The molecule has 0 saturated heterocycles. The minimum Gasteiger partial charge on any atom is -0.350 e. The summed E-state index contributed by atoms with van der Waals surface area (Å²) in [5.41, 5.74) is 2.98. The predicted molar refractivity (Wildman–Crippen MR) is 101 cm³/mol. The molecule has 134 valence electrons. The van der Waals surface area contributed by atoms with E-state index in [2.05, 4.69) is 34.7 Å². The number of H-pyrrole nitrogens is 1. The SMILES string of the molecule is CC(C)c1ccc(C(=O)NCCNC(=O)c2n[nH]c3ccccc23)cc1. The first-order valence-corrected chi connectivity index (χ1v) is 8.65. The molecule has 6 nitrogen and oxygen atoms in total. The molecule has 0 atom stereocenters. The Balaban J connectivity index is 1.49. The van der Waals surface area contributed by atoms with E-state index in [1.807, 2.05) is 48.5 Å². The first-order valence-electron chi connectivity index (χ1n) is 8.65. The van der Waals surface area contributed by atoms with Crippen LogP contribution in [0.4, 0.5) is 0 Å². The van der Waals surface area contributed by atoms with Gasteiger partial charge in [-0.15, -0.1) is 0 Å². The summed E-state index contributed by atoms with van der Waals surface area (Å²) in [6, 6.07) is 15.0. The Kier molecular flexibility index (Phi) is 5.31. The third kappa shape index (κ3) is 3.91. The van der Waals surface area contributed by atoms with Crippen molar-refractivity contribution in [2.24, 2.45) is 0 Å². The second-order valence-corrected chi connectivity index (χ2v) is 6.41. The van der Waals surface area contributed by atoms with Gasteiger partial charge in [-0.1, -0.05) is 44.2 Å². The van der Waals surface area contributed by atoms with Gasteiger partial charge in [-0.3, -0.25) is 14.7 Å². The van der Waals surface area contributed by atoms with Crippen molar-refractivity contribution >= 4 is 22.7 Å². The number of rotatable bonds is 6. The average Bonchev–Trinajstić information content (AvgIpc) is 3.09. The second-order valence-electron chi connectivity index (χ2n) is 6.41. The quantitative estimate of drug-likeness (QED) is 0.598. The zero-order valence-corrected chi connectivity index (χ0v) is 14.9. The number of carbonyl (C=O) groups excluding carboxylic acids is 2. The van der Waals surface area contributed by atoms with Gasteiger partial charge in [0.2, 0.25) is 0 Å². The van der Waals surface area contributed by atoms with Gasteiger partial charge in [0.25, 0.3) is 11.8 Å². The maximum absolute atomic E-state index is 12.2. The third-order valence-corrected chi connectivity index (χ3v) is 4.22. The van der Waals surface area contributed by atoms with Crippen LogP contribution >= 0.6 is 0 Å². The molecule has 6 heteroatoms. The number of para-hydroxylation sites is 1. The van der Waals surface area contributed by atoms with Crippen LogP contribution in [0.3, 0.4) is 0 Å². The molecule has 3 rings (SSSR count). The lowest BCUT2D eigenvalue weighted by Gasteiger charge is -2.08. The zero-order chi connectivity index (χ0) is 18.5. The van der Waals surface area contributed by atoms with Crippen LogP contribution in [-0.4, -0.2) is 35.1 Å². The molecular formula is C20H22N4O2. The van der Waals surface area contributed by atoms with Crippen molar-refractivity contribution in [2.75, 3.05) is 13.1 Å². The van der Waals surface area contributed by atoms with Gasteiger partial charge in [0.1, 0.15) is 0 Å². The molecule has 0 radical (unpaired) electrons. The highest BCUT2D eigenvalue weighted by atomic mass is 16.2. The minimum atomic E-state index is -0.266. The fraction of sp³-hybridized carbons (Fsp3) is 0.250. The predicted octanol–water partition coefficient (Wildman–Crippen LogP) is 2.85. The van der Waals surface area contributed by atoms with Crippen LogP contribution in [-0.2, 0) is 0 Å². The number of carbonyl (C=O) groups is 2. The Labute approximate surface area is 152 Å². The maximum atomic E-state index is 12.2. The Morgan fingerprint density at radius 2 is 1.62 bits per heavy atom. The Bertz CT molecular complexity index is 913. The van der Waals surface area contributed by atoms with Crippen LogP contribution in [0.1, 0.15) is 46.2 Å². The van der Waals surface area contributed by atoms with Crippen molar-refractivity contribution in [1.82, 2.24) is 20.8 Å². The summed E-state index contributed by atoms with van der Waals surface area (Å²) in [5, 5.41) is 13.2. The third-order valence-electron chi connectivity index (χ3n) is 4.22. The summed E-state index contributed by atoms with van der Waals surface area (Å²) in [4.78, 5) is 24.4. The van der Waals surface area contributed by atoms with Crippen LogP contribution in [0.15, 0.2) is 48.5 Å². The van der Waals surface area contributed by atoms with Gasteiger partial charge in [-0.05, 0) is 29.7 Å². The number of aromatic amines is 1. The molecule has 0 aliphatic heterocycles. The molecule has 0 unspecified atom stereocenters. The molecule has 0 saturated carbocycles. The molecule has 0 bridgehead atoms. The molecule has 1 aromatic heterocycles. The summed E-state index contributed by atoms with van der Waals surface area (Å²) >= 11 is 0. The van der Waals surface area contributed by atoms with Gasteiger partial charge >= 0.3 is 0 Å². The zero-order valence-electron chi connectivity index (χ0n) is 14.9. The number of benzene rings is 2. The lowest BCUT2D eigenvalue weighted by atomic mass is 10.0. The number of hydrogen-bond acceptors (Lipinski definition) is 3. The fourth-order valence-electron chi connectivity index (χ4n) is 2.69. The first kappa shape index (κ1) is 17.7. The highest BCUT2D eigenvalue weighted by Crippen LogP contribution is 2.15. The molecule has 0 aliphatic rings. The van der Waals surface area contributed by atoms with Crippen LogP contribution in [0.2, 0.25) is 0 Å². The van der Waals surface area contributed by atoms with E-state index in [1.165, 1.54) is 5.56 Å². The minimum absolute atomic E-state index is 0.153. The molecular weight excluding hydrogens is 328 g/mol. The highest BCUT2D eigenvalue weighted by Gasteiger charge is 2.13. The van der Waals surface area contributed by atoms with Crippen molar-refractivity contribution in [3.8, 4) is 0 Å². The van der Waals surface area contributed by atoms with E-state index in [4.69, 9.17) is 0 Å². The van der Waals surface area contributed by atoms with E-state index in [9.17, 15) is 9.59 Å². The van der Waals surface area contributed by atoms with Crippen LogP contribution < -0.4 is 10.6 Å². The monoisotopic (exact) mass is 350 g/mol. The summed E-state index contributed by atoms with van der Waals surface area (Å²) in [6.45, 7) is 4.90. The number of nitrogens with one attached hydrogen (secondary N) is 3. The van der Waals surface area contributed by atoms with Crippen molar-refractivity contribution in [2.45, 2.75) is 19.8 Å². The average molecular weight is 350 g/mol. The van der Waals surface area contributed by atoms with Crippen LogP contribution in [0, 0.1) is 0 Å². The number of hydrogen-bond donors (Lipinski definition) is 3. The van der Waals surface area contributed by atoms with E-state index in [0.29, 0.717) is 30.3 Å². The molecule has 3 N–H and O–H groups in total. The van der Waals surface area contributed by atoms with Gasteiger partial charge in [-0.25, -0.2) is 0 Å². The van der Waals surface area contributed by atoms with E-state index in [-0.39, 0.29) is 11.8 Å². The first-order chi connectivity index (χ1) is 12.6. The Hall–Kier alpha value is -3.15. The summed E-state index contributed by atoms with van der Waals surface area (Å²) in [6.07, 6.45) is 0. The molecule has 26 heavy (non-hydrogen) atoms. The molecule has 1 heterocycles. The summed E-state index contributed by atoms with van der Waals surface area (Å²) < 4.78 is 0. The smallest absolute Gasteiger partial charge is 0.272 e. The number of aromatic nitrogens is 2. The Morgan fingerprint density at radius 3 is 2.31 bits per heavy atom. The molecule has 3 aromatic rings. The lowest BCUT2D eigenvalue weighted by molar-refractivity contribution is 0.0926. The van der Waals surface area contributed by atoms with Gasteiger partial charge < -0.3 is 10.6 Å². The van der Waals surface area contributed by atoms with Gasteiger partial charge in [0.05, 0.1) is 5.52 Å². The van der Waals surface area contributed by atoms with Crippen LogP contribution in [0.25, 0.3) is 10.9 Å². The number of amides is 2. The van der Waals surface area contributed by atoms with Crippen LogP contribution in [0.5, 0.6) is 0 Å². The summed E-state index contributed by atoms with van der Waals surface area (Å²) in [7, 11) is 0. The second kappa shape index (κ2) is 7.82.